The van der Waals surface area contributed by atoms with Crippen LogP contribution in [-0.4, -0.2) is 6.47 Å². The van der Waals surface area contributed by atoms with Crippen LogP contribution >= 0.6 is 0 Å². The molecular weight excluding hydrogens is 212 g/mol. The van der Waals surface area contributed by atoms with Gasteiger partial charge in [-0.3, -0.25) is 4.79 Å². The molecule has 0 saturated heterocycles. The summed E-state index contributed by atoms with van der Waals surface area (Å²) in [5.41, 5.74) is 1.87. The van der Waals surface area contributed by atoms with Crippen LogP contribution in [0.25, 0.3) is 11.8 Å². The predicted octanol–water partition coefficient (Wildman–Crippen LogP) is 3.36. The summed E-state index contributed by atoms with van der Waals surface area (Å²) in [6.45, 7) is 0.446. The van der Waals surface area contributed by atoms with Crippen molar-refractivity contribution >= 4 is 18.3 Å². The first-order chi connectivity index (χ1) is 8.40. The maximum absolute atomic E-state index is 10.5. The van der Waals surface area contributed by atoms with E-state index in [2.05, 4.69) is 0 Å². The lowest BCUT2D eigenvalue weighted by Gasteiger charge is -2.04. The van der Waals surface area contributed by atoms with E-state index in [1.807, 2.05) is 66.7 Å². The van der Waals surface area contributed by atoms with Crippen molar-refractivity contribution in [2.24, 2.45) is 0 Å². The first kappa shape index (κ1) is 11.1. The quantitative estimate of drug-likeness (QED) is 0.452. The first-order valence-electron chi connectivity index (χ1n) is 5.32. The van der Waals surface area contributed by atoms with Crippen molar-refractivity contribution < 1.29 is 9.53 Å². The molecule has 0 atom stereocenters. The largest absolute Gasteiger partial charge is 0.428 e. The van der Waals surface area contributed by atoms with Crippen LogP contribution in [0.5, 0.6) is 0 Å². The minimum Gasteiger partial charge on any atom is -0.428 e. The van der Waals surface area contributed by atoms with E-state index in [1.54, 1.807) is 0 Å². The topological polar surface area (TPSA) is 26.3 Å². The second-order valence-electron chi connectivity index (χ2n) is 3.50. The summed E-state index contributed by atoms with van der Waals surface area (Å²) in [7, 11) is 0. The van der Waals surface area contributed by atoms with Gasteiger partial charge in [0.2, 0.25) is 0 Å². The molecule has 0 aliphatic carbocycles. The van der Waals surface area contributed by atoms with E-state index < -0.39 is 0 Å². The van der Waals surface area contributed by atoms with Crippen LogP contribution in [0, 0.1) is 0 Å². The molecule has 0 N–H and O–H groups in total. The van der Waals surface area contributed by atoms with Gasteiger partial charge >= 0.3 is 0 Å². The van der Waals surface area contributed by atoms with Crippen molar-refractivity contribution in [3.05, 3.63) is 71.8 Å². The lowest BCUT2D eigenvalue weighted by molar-refractivity contribution is -0.122. The number of hydrogen-bond donors (Lipinski definition) is 0. The van der Waals surface area contributed by atoms with E-state index >= 15 is 0 Å². The third-order valence-electron chi connectivity index (χ3n) is 2.33. The second-order valence-corrected chi connectivity index (χ2v) is 3.50. The highest BCUT2D eigenvalue weighted by Gasteiger charge is 2.01. The first-order valence-corrected chi connectivity index (χ1v) is 5.32. The van der Waals surface area contributed by atoms with Gasteiger partial charge in [0.15, 0.2) is 0 Å². The zero-order valence-electron chi connectivity index (χ0n) is 9.24. The number of hydrogen-bond acceptors (Lipinski definition) is 2. The molecule has 0 bridgehead atoms. The minimum atomic E-state index is 0.446. The van der Waals surface area contributed by atoms with Gasteiger partial charge in [0.05, 0.1) is 0 Å². The molecule has 2 rings (SSSR count). The zero-order chi connectivity index (χ0) is 11.9. The highest BCUT2D eigenvalue weighted by atomic mass is 16.5. The van der Waals surface area contributed by atoms with Gasteiger partial charge in [-0.15, -0.1) is 0 Å². The van der Waals surface area contributed by atoms with Crippen LogP contribution in [0.2, 0.25) is 0 Å². The Morgan fingerprint density at radius 3 is 2.06 bits per heavy atom. The standard InChI is InChI=1S/C15H12O2/c16-12-17-15(14-9-5-2-6-10-14)11-13-7-3-1-4-8-13/h1-12H. The van der Waals surface area contributed by atoms with E-state index in [1.165, 1.54) is 0 Å². The van der Waals surface area contributed by atoms with Crippen LogP contribution in [0.3, 0.4) is 0 Å². The maximum atomic E-state index is 10.5. The molecule has 0 aliphatic rings. The van der Waals surface area contributed by atoms with E-state index in [0.717, 1.165) is 11.1 Å². The van der Waals surface area contributed by atoms with Crippen LogP contribution in [0.1, 0.15) is 11.1 Å². The maximum Gasteiger partial charge on any atom is 0.298 e. The summed E-state index contributed by atoms with van der Waals surface area (Å²) in [5, 5.41) is 0. The monoisotopic (exact) mass is 224 g/mol. The van der Waals surface area contributed by atoms with Crippen molar-refractivity contribution in [2.75, 3.05) is 0 Å². The van der Waals surface area contributed by atoms with Crippen molar-refractivity contribution in [1.82, 2.24) is 0 Å². The number of rotatable bonds is 4. The molecule has 2 aromatic rings. The van der Waals surface area contributed by atoms with E-state index in [-0.39, 0.29) is 0 Å². The van der Waals surface area contributed by atoms with Gasteiger partial charge in [-0.25, -0.2) is 0 Å². The molecule has 0 heterocycles. The Kier molecular flexibility index (Phi) is 3.71. The molecule has 2 nitrogen and oxygen atoms in total. The van der Waals surface area contributed by atoms with Crippen LogP contribution < -0.4 is 0 Å². The molecule has 0 unspecified atom stereocenters. The van der Waals surface area contributed by atoms with Gasteiger partial charge in [0, 0.05) is 5.56 Å². The highest BCUT2D eigenvalue weighted by Crippen LogP contribution is 2.18. The van der Waals surface area contributed by atoms with Crippen molar-refractivity contribution in [1.29, 1.82) is 0 Å². The van der Waals surface area contributed by atoms with E-state index in [9.17, 15) is 4.79 Å². The van der Waals surface area contributed by atoms with Crippen LogP contribution in [0.4, 0.5) is 0 Å². The summed E-state index contributed by atoms with van der Waals surface area (Å²) in [5.74, 6) is 0.548. The number of benzene rings is 2. The summed E-state index contributed by atoms with van der Waals surface area (Å²) >= 11 is 0. The van der Waals surface area contributed by atoms with Gasteiger partial charge in [-0.2, -0.15) is 0 Å². The molecule has 0 aromatic heterocycles. The predicted molar refractivity (Wildman–Crippen MR) is 67.9 cm³/mol. The van der Waals surface area contributed by atoms with E-state index in [4.69, 9.17) is 4.74 Å². The molecule has 0 amide bonds. The van der Waals surface area contributed by atoms with E-state index in [0.29, 0.717) is 12.2 Å². The van der Waals surface area contributed by atoms with Gasteiger partial charge in [0.25, 0.3) is 6.47 Å². The summed E-state index contributed by atoms with van der Waals surface area (Å²) in [6.07, 6.45) is 1.84. The fraction of sp³-hybridized carbons (Fsp3) is 0. The van der Waals surface area contributed by atoms with Gasteiger partial charge in [-0.1, -0.05) is 60.7 Å². The fourth-order valence-electron chi connectivity index (χ4n) is 1.54. The van der Waals surface area contributed by atoms with Crippen LogP contribution in [0.15, 0.2) is 60.7 Å². The molecule has 0 aliphatic heterocycles. The lowest BCUT2D eigenvalue weighted by atomic mass is 10.1. The SMILES string of the molecule is O=COC(=Cc1ccccc1)c1ccccc1. The Labute approximate surface area is 100 Å². The van der Waals surface area contributed by atoms with Crippen molar-refractivity contribution in [2.45, 2.75) is 0 Å². The summed E-state index contributed by atoms with van der Waals surface area (Å²) in [6, 6.07) is 19.3. The molecule has 84 valence electrons. The minimum absolute atomic E-state index is 0.446. The van der Waals surface area contributed by atoms with Crippen molar-refractivity contribution in [3.63, 3.8) is 0 Å². The molecule has 0 fully saturated rings. The molecular formula is C15H12O2. The molecule has 2 heteroatoms. The Hall–Kier alpha value is -2.35. The Morgan fingerprint density at radius 1 is 0.882 bits per heavy atom. The molecule has 17 heavy (non-hydrogen) atoms. The average molecular weight is 224 g/mol. The Balaban J connectivity index is 2.36. The molecule has 0 saturated carbocycles. The fourth-order valence-corrected chi connectivity index (χ4v) is 1.54. The summed E-state index contributed by atoms with van der Waals surface area (Å²) < 4.78 is 5.01. The molecule has 0 radical (unpaired) electrons. The highest BCUT2D eigenvalue weighted by molar-refractivity contribution is 5.80. The Bertz CT molecular complexity index is 501. The molecule has 2 aromatic carbocycles. The lowest BCUT2D eigenvalue weighted by Crippen LogP contribution is -1.89. The normalized spacial score (nSPS) is 10.9. The second kappa shape index (κ2) is 5.66. The van der Waals surface area contributed by atoms with Gasteiger partial charge in [-0.05, 0) is 11.6 Å². The number of carbonyl (C=O) groups is 1. The zero-order valence-corrected chi connectivity index (χ0v) is 9.24. The van der Waals surface area contributed by atoms with Gasteiger partial charge < -0.3 is 4.74 Å². The Morgan fingerprint density at radius 2 is 1.47 bits per heavy atom. The smallest absolute Gasteiger partial charge is 0.298 e. The summed E-state index contributed by atoms with van der Waals surface area (Å²) in [4.78, 5) is 10.5. The third-order valence-corrected chi connectivity index (χ3v) is 2.33. The van der Waals surface area contributed by atoms with Crippen LogP contribution in [-0.2, 0) is 9.53 Å². The van der Waals surface area contributed by atoms with Gasteiger partial charge in [0.1, 0.15) is 5.76 Å². The number of carbonyl (C=O) groups excluding carboxylic acids is 1. The average Bonchev–Trinajstić information content (AvgIpc) is 2.40. The molecule has 0 spiro atoms. The van der Waals surface area contributed by atoms with Crippen molar-refractivity contribution in [3.8, 4) is 0 Å². The number of ether oxygens (including phenoxy) is 1. The third kappa shape index (κ3) is 3.05.